The number of anilines is 1. The number of nitrogens with two attached hydrogens (primary N) is 2. The lowest BCUT2D eigenvalue weighted by molar-refractivity contribution is 0.0779. The molecule has 0 bridgehead atoms. The minimum Gasteiger partial charge on any atom is -0.366 e. The van der Waals surface area contributed by atoms with Crippen molar-refractivity contribution in [2.24, 2.45) is 5.73 Å². The van der Waals surface area contributed by atoms with E-state index in [1.807, 2.05) is 0 Å². The maximum atomic E-state index is 11.7. The van der Waals surface area contributed by atoms with Gasteiger partial charge in [-0.05, 0) is 6.42 Å². The molecule has 7 nitrogen and oxygen atoms in total. The first-order valence-electron chi connectivity index (χ1n) is 4.39. The number of H-pyrrole nitrogens is 1. The molecule has 1 aliphatic heterocycles. The average Bonchev–Trinajstić information content (AvgIpc) is 2.73. The van der Waals surface area contributed by atoms with Crippen molar-refractivity contribution in [2.75, 3.05) is 18.8 Å². The lowest BCUT2D eigenvalue weighted by atomic mass is 10.3. The van der Waals surface area contributed by atoms with E-state index in [0.717, 1.165) is 6.42 Å². The monoisotopic (exact) mass is 196 g/mol. The Morgan fingerprint density at radius 2 is 2.43 bits per heavy atom. The Balaban J connectivity index is 2.09. The Hall–Kier alpha value is -1.63. The standard InChI is InChI=1S/C7H12N6O/c8-4-1-2-13(3-4)6(14)5-10-7(9)12-11-5/h4H,1-3,8H2,(H3,9,10,11,12). The second-order valence-corrected chi connectivity index (χ2v) is 3.34. The van der Waals surface area contributed by atoms with E-state index in [9.17, 15) is 4.79 Å². The summed E-state index contributed by atoms with van der Waals surface area (Å²) in [5.41, 5.74) is 11.0. The number of nitrogens with one attached hydrogen (secondary N) is 1. The summed E-state index contributed by atoms with van der Waals surface area (Å²) < 4.78 is 0. The highest BCUT2D eigenvalue weighted by Gasteiger charge is 2.26. The zero-order valence-electron chi connectivity index (χ0n) is 7.60. The molecule has 1 saturated heterocycles. The largest absolute Gasteiger partial charge is 0.366 e. The fourth-order valence-corrected chi connectivity index (χ4v) is 1.49. The van der Waals surface area contributed by atoms with E-state index < -0.39 is 0 Å². The van der Waals surface area contributed by atoms with Crippen molar-refractivity contribution < 1.29 is 4.79 Å². The Kier molecular flexibility index (Phi) is 2.08. The fourth-order valence-electron chi connectivity index (χ4n) is 1.49. The molecule has 0 spiro atoms. The number of carbonyl (C=O) groups excluding carboxylic acids is 1. The molecule has 1 aromatic heterocycles. The molecular weight excluding hydrogens is 184 g/mol. The number of hydrogen-bond donors (Lipinski definition) is 3. The first-order chi connectivity index (χ1) is 6.66. The van der Waals surface area contributed by atoms with Crippen molar-refractivity contribution >= 4 is 11.9 Å². The minimum absolute atomic E-state index is 0.0687. The molecule has 7 heteroatoms. The van der Waals surface area contributed by atoms with Crippen molar-refractivity contribution in [1.29, 1.82) is 0 Å². The third-order valence-corrected chi connectivity index (χ3v) is 2.22. The number of aromatic amines is 1. The van der Waals surface area contributed by atoms with E-state index in [1.165, 1.54) is 0 Å². The summed E-state index contributed by atoms with van der Waals surface area (Å²) in [6.45, 7) is 1.24. The lowest BCUT2D eigenvalue weighted by Gasteiger charge is -2.12. The van der Waals surface area contributed by atoms with Gasteiger partial charge in [-0.1, -0.05) is 0 Å². The summed E-state index contributed by atoms with van der Waals surface area (Å²) >= 11 is 0. The number of nitrogen functional groups attached to an aromatic ring is 1. The Labute approximate surface area is 80.5 Å². The number of carbonyl (C=O) groups is 1. The van der Waals surface area contributed by atoms with Gasteiger partial charge in [-0.15, -0.1) is 5.10 Å². The normalized spacial score (nSPS) is 21.5. The van der Waals surface area contributed by atoms with E-state index in [0.29, 0.717) is 13.1 Å². The summed E-state index contributed by atoms with van der Waals surface area (Å²) in [6.07, 6.45) is 0.829. The topological polar surface area (TPSA) is 114 Å². The quantitative estimate of drug-likeness (QED) is 0.509. The van der Waals surface area contributed by atoms with Crippen LogP contribution in [-0.2, 0) is 0 Å². The van der Waals surface area contributed by atoms with E-state index in [2.05, 4.69) is 15.2 Å². The van der Waals surface area contributed by atoms with Gasteiger partial charge in [0.05, 0.1) is 0 Å². The van der Waals surface area contributed by atoms with Gasteiger partial charge in [-0.3, -0.25) is 9.89 Å². The summed E-state index contributed by atoms with van der Waals surface area (Å²) in [7, 11) is 0. The summed E-state index contributed by atoms with van der Waals surface area (Å²) in [4.78, 5) is 17.1. The van der Waals surface area contributed by atoms with E-state index in [4.69, 9.17) is 11.5 Å². The number of likely N-dealkylation sites (tertiary alicyclic amines) is 1. The van der Waals surface area contributed by atoms with Crippen LogP contribution in [0.1, 0.15) is 17.0 Å². The second kappa shape index (κ2) is 3.26. The van der Waals surface area contributed by atoms with Gasteiger partial charge in [0.2, 0.25) is 11.8 Å². The predicted octanol–water partition coefficient (Wildman–Crippen LogP) is -1.44. The van der Waals surface area contributed by atoms with Gasteiger partial charge < -0.3 is 16.4 Å². The maximum absolute atomic E-state index is 11.7. The van der Waals surface area contributed by atoms with Gasteiger partial charge in [-0.25, -0.2) is 0 Å². The molecule has 2 rings (SSSR count). The molecule has 2 heterocycles. The van der Waals surface area contributed by atoms with Crippen molar-refractivity contribution in [2.45, 2.75) is 12.5 Å². The van der Waals surface area contributed by atoms with Crippen LogP contribution in [-0.4, -0.2) is 45.1 Å². The molecule has 5 N–H and O–H groups in total. The number of amides is 1. The predicted molar refractivity (Wildman–Crippen MR) is 49.3 cm³/mol. The van der Waals surface area contributed by atoms with Crippen molar-refractivity contribution in [3.05, 3.63) is 5.82 Å². The SMILES string of the molecule is Nc1n[nH]c(C(=O)N2CCC(N)C2)n1. The molecule has 1 aromatic rings. The van der Waals surface area contributed by atoms with Crippen LogP contribution < -0.4 is 11.5 Å². The highest BCUT2D eigenvalue weighted by molar-refractivity contribution is 5.90. The molecule has 14 heavy (non-hydrogen) atoms. The van der Waals surface area contributed by atoms with Crippen molar-refractivity contribution in [3.63, 3.8) is 0 Å². The van der Waals surface area contributed by atoms with Crippen molar-refractivity contribution in [1.82, 2.24) is 20.1 Å². The zero-order chi connectivity index (χ0) is 10.1. The Morgan fingerprint density at radius 1 is 1.64 bits per heavy atom. The first-order valence-corrected chi connectivity index (χ1v) is 4.39. The average molecular weight is 196 g/mol. The molecule has 0 saturated carbocycles. The molecule has 1 aliphatic rings. The molecule has 76 valence electrons. The highest BCUT2D eigenvalue weighted by atomic mass is 16.2. The highest BCUT2D eigenvalue weighted by Crippen LogP contribution is 2.10. The fraction of sp³-hybridized carbons (Fsp3) is 0.571. The van der Waals surface area contributed by atoms with Gasteiger partial charge in [0.25, 0.3) is 5.91 Å². The first kappa shape index (κ1) is 8.95. The van der Waals surface area contributed by atoms with Gasteiger partial charge in [0.15, 0.2) is 0 Å². The summed E-state index contributed by atoms with van der Waals surface area (Å²) in [6, 6.07) is 0.0687. The molecule has 1 amide bonds. The second-order valence-electron chi connectivity index (χ2n) is 3.34. The van der Waals surface area contributed by atoms with E-state index >= 15 is 0 Å². The van der Waals surface area contributed by atoms with Crippen LogP contribution in [0.25, 0.3) is 0 Å². The number of nitrogens with zero attached hydrogens (tertiary/aromatic N) is 3. The zero-order valence-corrected chi connectivity index (χ0v) is 7.60. The van der Waals surface area contributed by atoms with Crippen LogP contribution in [0.4, 0.5) is 5.95 Å². The molecule has 0 radical (unpaired) electrons. The van der Waals surface area contributed by atoms with Gasteiger partial charge in [0, 0.05) is 19.1 Å². The van der Waals surface area contributed by atoms with Gasteiger partial charge >= 0.3 is 0 Å². The summed E-state index contributed by atoms with van der Waals surface area (Å²) in [5.74, 6) is 0.0654. The molecular formula is C7H12N6O. The van der Waals surface area contributed by atoms with Crippen LogP contribution in [0.15, 0.2) is 0 Å². The van der Waals surface area contributed by atoms with E-state index in [-0.39, 0.29) is 23.7 Å². The molecule has 1 unspecified atom stereocenters. The summed E-state index contributed by atoms with van der Waals surface area (Å²) in [5, 5.41) is 6.07. The minimum atomic E-state index is -0.192. The van der Waals surface area contributed by atoms with E-state index in [1.54, 1.807) is 4.90 Å². The van der Waals surface area contributed by atoms with Crippen LogP contribution >= 0.6 is 0 Å². The third-order valence-electron chi connectivity index (χ3n) is 2.22. The van der Waals surface area contributed by atoms with Crippen LogP contribution in [0.3, 0.4) is 0 Å². The maximum Gasteiger partial charge on any atom is 0.291 e. The lowest BCUT2D eigenvalue weighted by Crippen LogP contribution is -2.32. The number of rotatable bonds is 1. The van der Waals surface area contributed by atoms with Crippen LogP contribution in [0.5, 0.6) is 0 Å². The molecule has 1 fully saturated rings. The number of hydrogen-bond acceptors (Lipinski definition) is 5. The van der Waals surface area contributed by atoms with Gasteiger partial charge in [0.1, 0.15) is 0 Å². The smallest absolute Gasteiger partial charge is 0.291 e. The third kappa shape index (κ3) is 1.53. The van der Waals surface area contributed by atoms with Crippen LogP contribution in [0.2, 0.25) is 0 Å². The Bertz CT molecular complexity index is 348. The number of aromatic nitrogens is 3. The molecule has 1 atom stereocenters. The Morgan fingerprint density at radius 3 is 2.93 bits per heavy atom. The molecule has 0 aromatic carbocycles. The van der Waals surface area contributed by atoms with Crippen molar-refractivity contribution in [3.8, 4) is 0 Å². The van der Waals surface area contributed by atoms with Crippen LogP contribution in [0, 0.1) is 0 Å². The molecule has 0 aliphatic carbocycles. The van der Waals surface area contributed by atoms with Gasteiger partial charge in [-0.2, -0.15) is 4.98 Å².